The van der Waals surface area contributed by atoms with Gasteiger partial charge in [-0.2, -0.15) is 0 Å². The van der Waals surface area contributed by atoms with Crippen molar-refractivity contribution in [2.24, 2.45) is 0 Å². The highest BCUT2D eigenvalue weighted by atomic mass is 16.5. The van der Waals surface area contributed by atoms with Crippen LogP contribution >= 0.6 is 0 Å². The first-order valence-electron chi connectivity index (χ1n) is 1.76. The van der Waals surface area contributed by atoms with E-state index in [0.29, 0.717) is 0 Å². The minimum Gasteiger partial charge on any atom is -0.469 e. The number of aliphatic hydroxyl groups is 1. The summed E-state index contributed by atoms with van der Waals surface area (Å²) in [6.07, 6.45) is 0. The number of carbonyl (C=O) groups excluding carboxylic acids is 1. The van der Waals surface area contributed by atoms with Gasteiger partial charge < -0.3 is 16.0 Å². The van der Waals surface area contributed by atoms with Gasteiger partial charge in [0.15, 0.2) is 0 Å². The first kappa shape index (κ1) is 15.7. The first-order valence-corrected chi connectivity index (χ1v) is 1.76. The van der Waals surface area contributed by atoms with E-state index in [4.69, 9.17) is 5.11 Å². The van der Waals surface area contributed by atoms with E-state index in [1.165, 1.54) is 14.0 Å². The molecule has 0 unspecified atom stereocenters. The predicted octanol–water partition coefficient (Wildman–Crippen LogP) is -0.0502. The van der Waals surface area contributed by atoms with Crippen LogP contribution in [-0.4, -0.2) is 25.3 Å². The predicted molar refractivity (Wildman–Crippen MR) is 30.9 cm³/mol. The van der Waals surface area contributed by atoms with Crippen molar-refractivity contribution < 1.29 is 14.6 Å². The molecule has 0 saturated heterocycles. The average Bonchev–Trinajstić information content (AvgIpc) is 1.73. The molecule has 4 heteroatoms. The van der Waals surface area contributed by atoms with Crippen molar-refractivity contribution in [3.8, 4) is 0 Å². The maximum Gasteiger partial charge on any atom is 0.302 e. The Morgan fingerprint density at radius 2 is 1.62 bits per heavy atom. The maximum atomic E-state index is 9.59. The smallest absolute Gasteiger partial charge is 0.302 e. The van der Waals surface area contributed by atoms with Crippen molar-refractivity contribution in [1.82, 2.24) is 6.15 Å². The third-order valence-corrected chi connectivity index (χ3v) is 0.287. The van der Waals surface area contributed by atoms with Crippen LogP contribution in [0.3, 0.4) is 0 Å². The zero-order valence-corrected chi connectivity index (χ0v) is 5.47. The van der Waals surface area contributed by atoms with E-state index in [9.17, 15) is 4.79 Å². The average molecular weight is 123 g/mol. The van der Waals surface area contributed by atoms with Gasteiger partial charge in [0.05, 0.1) is 7.11 Å². The van der Waals surface area contributed by atoms with Gasteiger partial charge in [-0.05, 0) is 0 Å². The van der Waals surface area contributed by atoms with Gasteiger partial charge in [0.25, 0.3) is 0 Å². The summed E-state index contributed by atoms with van der Waals surface area (Å²) >= 11 is 0. The molecule has 4 N–H and O–H groups in total. The summed E-state index contributed by atoms with van der Waals surface area (Å²) in [5, 5.41) is 7.00. The van der Waals surface area contributed by atoms with Crippen LogP contribution in [0.4, 0.5) is 0 Å². The van der Waals surface area contributed by atoms with E-state index >= 15 is 0 Å². The van der Waals surface area contributed by atoms with Gasteiger partial charge in [-0.3, -0.25) is 4.79 Å². The monoisotopic (exact) mass is 123 g/mol. The third kappa shape index (κ3) is 53.8. The van der Waals surface area contributed by atoms with E-state index in [2.05, 4.69) is 4.74 Å². The number of aliphatic hydroxyl groups excluding tert-OH is 1. The summed E-state index contributed by atoms with van der Waals surface area (Å²) in [6, 6.07) is 0. The molecule has 4 nitrogen and oxygen atoms in total. The highest BCUT2D eigenvalue weighted by Gasteiger charge is 1.75. The molecule has 0 aliphatic rings. The Bertz CT molecular complexity index is 46.5. The van der Waals surface area contributed by atoms with Crippen molar-refractivity contribution >= 4 is 5.97 Å². The second kappa shape index (κ2) is 16.2. The van der Waals surface area contributed by atoms with Crippen molar-refractivity contribution in [3.63, 3.8) is 0 Å². The number of esters is 1. The van der Waals surface area contributed by atoms with Crippen LogP contribution < -0.4 is 6.15 Å². The Hall–Kier alpha value is -0.610. The number of ether oxygens (including phenoxy) is 1. The molecule has 0 aromatic carbocycles. The lowest BCUT2D eigenvalue weighted by atomic mass is 10.8. The molecule has 0 bridgehead atoms. The van der Waals surface area contributed by atoms with Crippen molar-refractivity contribution in [1.29, 1.82) is 0 Å². The van der Waals surface area contributed by atoms with Crippen LogP contribution in [0.1, 0.15) is 6.92 Å². The first-order chi connectivity index (χ1) is 3.27. The molecule has 0 amide bonds. The maximum absolute atomic E-state index is 9.59. The SMILES string of the molecule is CO.COC(C)=O.N. The lowest BCUT2D eigenvalue weighted by Crippen LogP contribution is -1.88. The summed E-state index contributed by atoms with van der Waals surface area (Å²) in [5.74, 6) is -0.245. The fourth-order valence-electron chi connectivity index (χ4n) is 0. The van der Waals surface area contributed by atoms with Gasteiger partial charge in [-0.25, -0.2) is 0 Å². The van der Waals surface area contributed by atoms with Gasteiger partial charge >= 0.3 is 5.97 Å². The normalized spacial score (nSPS) is 5.00. The number of methoxy groups -OCH3 is 1. The van der Waals surface area contributed by atoms with Crippen molar-refractivity contribution in [2.45, 2.75) is 6.92 Å². The van der Waals surface area contributed by atoms with Crippen LogP contribution in [-0.2, 0) is 9.53 Å². The molecule has 0 spiro atoms. The third-order valence-electron chi connectivity index (χ3n) is 0.287. The molecular formula is C4H13NO3. The van der Waals surface area contributed by atoms with Crippen molar-refractivity contribution in [3.05, 3.63) is 0 Å². The summed E-state index contributed by atoms with van der Waals surface area (Å²) in [7, 11) is 2.35. The molecule has 0 aliphatic heterocycles. The van der Waals surface area contributed by atoms with Gasteiger partial charge in [0.1, 0.15) is 0 Å². The zero-order chi connectivity index (χ0) is 6.28. The fraction of sp³-hybridized carbons (Fsp3) is 0.750. The fourth-order valence-corrected chi connectivity index (χ4v) is 0. The van der Waals surface area contributed by atoms with E-state index in [1.807, 2.05) is 0 Å². The molecule has 0 heterocycles. The largest absolute Gasteiger partial charge is 0.469 e. The number of rotatable bonds is 0. The molecule has 0 aromatic rings. The Kier molecular flexibility index (Phi) is 31.6. The van der Waals surface area contributed by atoms with Crippen LogP contribution in [0.25, 0.3) is 0 Å². The van der Waals surface area contributed by atoms with Crippen LogP contribution in [0.5, 0.6) is 0 Å². The Morgan fingerprint density at radius 1 is 1.50 bits per heavy atom. The van der Waals surface area contributed by atoms with Crippen LogP contribution in [0.2, 0.25) is 0 Å². The topological polar surface area (TPSA) is 81.5 Å². The van der Waals surface area contributed by atoms with E-state index in [-0.39, 0.29) is 12.1 Å². The molecule has 8 heavy (non-hydrogen) atoms. The molecule has 0 aromatic heterocycles. The number of hydrogen-bond donors (Lipinski definition) is 2. The molecule has 0 aliphatic carbocycles. The number of carbonyl (C=O) groups is 1. The highest BCUT2D eigenvalue weighted by Crippen LogP contribution is 1.60. The Morgan fingerprint density at radius 3 is 1.62 bits per heavy atom. The lowest BCUT2D eigenvalue weighted by molar-refractivity contribution is -0.137. The van der Waals surface area contributed by atoms with Gasteiger partial charge in [0.2, 0.25) is 0 Å². The molecule has 52 valence electrons. The van der Waals surface area contributed by atoms with Gasteiger partial charge in [-0.1, -0.05) is 0 Å². The van der Waals surface area contributed by atoms with Crippen LogP contribution in [0.15, 0.2) is 0 Å². The summed E-state index contributed by atoms with van der Waals surface area (Å²) < 4.78 is 4.11. The quantitative estimate of drug-likeness (QED) is 0.442. The minimum atomic E-state index is -0.245. The molecule has 0 saturated carbocycles. The molecule has 0 fully saturated rings. The lowest BCUT2D eigenvalue weighted by Gasteiger charge is -1.80. The second-order valence-electron chi connectivity index (χ2n) is 0.696. The van der Waals surface area contributed by atoms with E-state index in [1.54, 1.807) is 0 Å². The van der Waals surface area contributed by atoms with Gasteiger partial charge in [-0.15, -0.1) is 0 Å². The standard InChI is InChI=1S/C3H6O2.CH4O.H3N/c1-3(4)5-2;1-2;/h1-2H3;2H,1H3;1H3. The molecule has 0 atom stereocenters. The van der Waals surface area contributed by atoms with Gasteiger partial charge in [0, 0.05) is 14.0 Å². The zero-order valence-electron chi connectivity index (χ0n) is 5.47. The summed E-state index contributed by atoms with van der Waals surface area (Å²) in [5.41, 5.74) is 0. The minimum absolute atomic E-state index is 0. The second-order valence-corrected chi connectivity index (χ2v) is 0.696. The Labute approximate surface area is 49.0 Å². The molecular weight excluding hydrogens is 110 g/mol. The molecule has 0 radical (unpaired) electrons. The highest BCUT2D eigenvalue weighted by molar-refractivity contribution is 5.65. The summed E-state index contributed by atoms with van der Waals surface area (Å²) in [6.45, 7) is 1.36. The van der Waals surface area contributed by atoms with E-state index < -0.39 is 0 Å². The molecule has 0 rings (SSSR count). The summed E-state index contributed by atoms with van der Waals surface area (Å²) in [4.78, 5) is 9.59. The number of hydrogen-bond acceptors (Lipinski definition) is 4. The van der Waals surface area contributed by atoms with Crippen LogP contribution in [0, 0.1) is 0 Å². The van der Waals surface area contributed by atoms with Crippen molar-refractivity contribution in [2.75, 3.05) is 14.2 Å². The Balaban J connectivity index is -0.0000000750. The van der Waals surface area contributed by atoms with E-state index in [0.717, 1.165) is 7.11 Å².